The van der Waals surface area contributed by atoms with E-state index in [1.54, 1.807) is 24.3 Å². The topological polar surface area (TPSA) is 140 Å². The van der Waals surface area contributed by atoms with Crippen LogP contribution in [-0.2, 0) is 0 Å². The number of halogens is 3. The number of primary amides is 2. The molecule has 190 valence electrons. The van der Waals surface area contributed by atoms with Crippen molar-refractivity contribution in [2.45, 2.75) is 25.6 Å². The number of ether oxygens (including phenoxy) is 3. The third-order valence-corrected chi connectivity index (χ3v) is 5.15. The van der Waals surface area contributed by atoms with Gasteiger partial charge in [-0.1, -0.05) is 13.0 Å². The Kier molecular flexibility index (Phi) is 7.97. The van der Waals surface area contributed by atoms with Gasteiger partial charge in [-0.15, -0.1) is 13.2 Å². The van der Waals surface area contributed by atoms with Gasteiger partial charge in [0.2, 0.25) is 0 Å². The highest BCUT2D eigenvalue weighted by atomic mass is 19.4. The average Bonchev–Trinajstić information content (AvgIpc) is 3.56. The molecule has 3 aromatic rings. The number of nitrogens with two attached hydrogens (primary N) is 2. The summed E-state index contributed by atoms with van der Waals surface area (Å²) in [5.41, 5.74) is 11.4. The molecule has 1 aromatic carbocycles. The van der Waals surface area contributed by atoms with E-state index in [9.17, 15) is 22.8 Å². The van der Waals surface area contributed by atoms with Crippen molar-refractivity contribution in [3.05, 3.63) is 71.8 Å². The van der Waals surface area contributed by atoms with E-state index >= 15 is 0 Å². The lowest BCUT2D eigenvalue weighted by molar-refractivity contribution is -0.274. The van der Waals surface area contributed by atoms with E-state index in [-0.39, 0.29) is 28.7 Å². The maximum Gasteiger partial charge on any atom is 0.573 e. The Hall–Kier alpha value is -4.35. The largest absolute Gasteiger partial charge is 0.573 e. The van der Waals surface area contributed by atoms with Gasteiger partial charge in [0.05, 0.1) is 7.11 Å². The predicted octanol–water partition coefficient (Wildman–Crippen LogP) is 4.18. The van der Waals surface area contributed by atoms with Gasteiger partial charge in [0.15, 0.2) is 11.5 Å². The van der Waals surface area contributed by atoms with E-state index in [1.165, 1.54) is 25.6 Å². The van der Waals surface area contributed by atoms with Crippen LogP contribution in [0.1, 0.15) is 45.8 Å². The van der Waals surface area contributed by atoms with Gasteiger partial charge < -0.3 is 25.7 Å². The van der Waals surface area contributed by atoms with Crippen LogP contribution >= 0.6 is 0 Å². The molecule has 2 atom stereocenters. The maximum absolute atomic E-state index is 12.4. The van der Waals surface area contributed by atoms with Crippen LogP contribution in [0.25, 0.3) is 0 Å². The first kappa shape index (κ1) is 26.3. The molecule has 2 aromatic heterocycles. The van der Waals surface area contributed by atoms with Crippen LogP contribution in [0, 0.1) is 5.92 Å². The van der Waals surface area contributed by atoms with E-state index < -0.39 is 23.9 Å². The smallest absolute Gasteiger partial charge is 0.493 e. The summed E-state index contributed by atoms with van der Waals surface area (Å²) in [7, 11) is 1.28. The first-order valence-corrected chi connectivity index (χ1v) is 10.6. The molecule has 1 aliphatic rings. The zero-order valence-corrected chi connectivity index (χ0v) is 19.3. The molecule has 2 heterocycles. The number of alkyl halides is 3. The number of hydrogen-bond donors (Lipinski definition) is 2. The Labute approximate surface area is 204 Å². The number of aromatic nitrogens is 2. The molecule has 1 fully saturated rings. The third kappa shape index (κ3) is 7.08. The molecule has 0 bridgehead atoms. The Morgan fingerprint density at radius 2 is 1.72 bits per heavy atom. The SMILES string of the molecule is COc1cc(OC(F)(F)F)ccc1Oc1cc(C2CC2C)ncc1C(N)=O.NC(=O)c1ccccn1. The zero-order chi connectivity index (χ0) is 26.5. The number of pyridine rings is 2. The van der Waals surface area contributed by atoms with Gasteiger partial charge in [-0.3, -0.25) is 19.6 Å². The number of carbonyl (C=O) groups is 2. The third-order valence-electron chi connectivity index (χ3n) is 5.15. The first-order chi connectivity index (χ1) is 17.0. The van der Waals surface area contributed by atoms with Crippen LogP contribution in [0.2, 0.25) is 0 Å². The molecule has 2 unspecified atom stereocenters. The number of carbonyl (C=O) groups excluding carboxylic acids is 2. The lowest BCUT2D eigenvalue weighted by Crippen LogP contribution is -2.17. The monoisotopic (exact) mass is 504 g/mol. The number of methoxy groups -OCH3 is 1. The van der Waals surface area contributed by atoms with Crippen molar-refractivity contribution < 1.29 is 37.0 Å². The van der Waals surface area contributed by atoms with Crippen LogP contribution in [0.3, 0.4) is 0 Å². The van der Waals surface area contributed by atoms with Crippen molar-refractivity contribution in [2.24, 2.45) is 17.4 Å². The fourth-order valence-electron chi connectivity index (χ4n) is 3.21. The minimum absolute atomic E-state index is 0.00493. The highest BCUT2D eigenvalue weighted by Gasteiger charge is 2.36. The molecule has 2 amide bonds. The quantitative estimate of drug-likeness (QED) is 0.492. The van der Waals surface area contributed by atoms with E-state index in [2.05, 4.69) is 21.6 Å². The maximum atomic E-state index is 12.4. The van der Waals surface area contributed by atoms with Crippen LogP contribution in [0.5, 0.6) is 23.0 Å². The van der Waals surface area contributed by atoms with Gasteiger partial charge in [-0.25, -0.2) is 0 Å². The molecule has 0 radical (unpaired) electrons. The number of nitrogens with zero attached hydrogens (tertiary/aromatic N) is 2. The Morgan fingerprint density at radius 1 is 1.00 bits per heavy atom. The summed E-state index contributed by atoms with van der Waals surface area (Å²) in [5, 5.41) is 0. The normalized spacial score (nSPS) is 16.2. The molecule has 9 nitrogen and oxygen atoms in total. The second-order valence-corrected chi connectivity index (χ2v) is 7.83. The van der Waals surface area contributed by atoms with Gasteiger partial charge in [-0.2, -0.15) is 0 Å². The van der Waals surface area contributed by atoms with E-state index in [1.807, 2.05) is 0 Å². The summed E-state index contributed by atoms with van der Waals surface area (Å²) < 4.78 is 51.8. The molecule has 0 saturated heterocycles. The Balaban J connectivity index is 0.000000338. The zero-order valence-electron chi connectivity index (χ0n) is 19.3. The van der Waals surface area contributed by atoms with E-state index in [4.69, 9.17) is 20.9 Å². The fourth-order valence-corrected chi connectivity index (χ4v) is 3.21. The van der Waals surface area contributed by atoms with Crippen molar-refractivity contribution >= 4 is 11.8 Å². The minimum Gasteiger partial charge on any atom is -0.493 e. The second kappa shape index (κ2) is 10.9. The van der Waals surface area contributed by atoms with Crippen molar-refractivity contribution in [3.8, 4) is 23.0 Å². The van der Waals surface area contributed by atoms with E-state index in [0.717, 1.165) is 24.2 Å². The van der Waals surface area contributed by atoms with Crippen molar-refractivity contribution in [1.29, 1.82) is 0 Å². The van der Waals surface area contributed by atoms with E-state index in [0.29, 0.717) is 11.6 Å². The van der Waals surface area contributed by atoms with Crippen LogP contribution in [0.4, 0.5) is 13.2 Å². The summed E-state index contributed by atoms with van der Waals surface area (Å²) in [6.45, 7) is 2.08. The molecule has 12 heteroatoms. The molecule has 1 saturated carbocycles. The highest BCUT2D eigenvalue weighted by molar-refractivity contribution is 5.95. The summed E-state index contributed by atoms with van der Waals surface area (Å²) in [5.74, 6) is -0.643. The van der Waals surface area contributed by atoms with Crippen molar-refractivity contribution in [3.63, 3.8) is 0 Å². The molecule has 0 aliphatic heterocycles. The number of benzene rings is 1. The minimum atomic E-state index is -4.83. The number of hydrogen-bond acceptors (Lipinski definition) is 7. The number of rotatable bonds is 7. The molecule has 4 N–H and O–H groups in total. The average molecular weight is 504 g/mol. The van der Waals surface area contributed by atoms with Gasteiger partial charge in [-0.05, 0) is 36.6 Å². The predicted molar refractivity (Wildman–Crippen MR) is 122 cm³/mol. The molecule has 0 spiro atoms. The van der Waals surface area contributed by atoms with Crippen LogP contribution in [-0.4, -0.2) is 35.3 Å². The lowest BCUT2D eigenvalue weighted by atomic mass is 10.1. The summed E-state index contributed by atoms with van der Waals surface area (Å²) >= 11 is 0. The highest BCUT2D eigenvalue weighted by Crippen LogP contribution is 2.47. The first-order valence-electron chi connectivity index (χ1n) is 10.6. The van der Waals surface area contributed by atoms with Crippen LogP contribution in [0.15, 0.2) is 54.9 Å². The molecule has 4 rings (SSSR count). The molecular formula is C24H23F3N4O5. The van der Waals surface area contributed by atoms with Crippen molar-refractivity contribution in [1.82, 2.24) is 9.97 Å². The van der Waals surface area contributed by atoms with Crippen molar-refractivity contribution in [2.75, 3.05) is 7.11 Å². The lowest BCUT2D eigenvalue weighted by Gasteiger charge is -2.15. The summed E-state index contributed by atoms with van der Waals surface area (Å²) in [6.07, 6.45) is -0.978. The molecule has 1 aliphatic carbocycles. The Bertz CT molecular complexity index is 1240. The van der Waals surface area contributed by atoms with Gasteiger partial charge in [0.1, 0.15) is 22.8 Å². The fraction of sp³-hybridized carbons (Fsp3) is 0.250. The standard InChI is InChI=1S/C18H17F3N2O4.C6H6N2O/c1-9-5-11(9)13-7-15(12(8-23-13)17(22)24)26-14-4-3-10(6-16(14)25-2)27-18(19,20)21;7-6(9)5-3-1-2-4-8-5/h3-4,6-9,11H,5H2,1-2H3,(H2,22,24);1-4H,(H2,7,9). The van der Waals surface area contributed by atoms with Gasteiger partial charge >= 0.3 is 6.36 Å². The molecular weight excluding hydrogens is 481 g/mol. The summed E-state index contributed by atoms with van der Waals surface area (Å²) in [4.78, 5) is 30.0. The van der Waals surface area contributed by atoms with Gasteiger partial charge in [0.25, 0.3) is 11.8 Å². The molecule has 36 heavy (non-hydrogen) atoms. The van der Waals surface area contributed by atoms with Gasteiger partial charge in [0, 0.05) is 36.1 Å². The van der Waals surface area contributed by atoms with Crippen LogP contribution < -0.4 is 25.7 Å². The summed E-state index contributed by atoms with van der Waals surface area (Å²) in [6, 6.07) is 10.0. The number of amides is 2. The second-order valence-electron chi connectivity index (χ2n) is 7.83. The Morgan fingerprint density at radius 3 is 2.22 bits per heavy atom.